The van der Waals surface area contributed by atoms with E-state index in [2.05, 4.69) is 288 Å². The summed E-state index contributed by atoms with van der Waals surface area (Å²) in [5.74, 6) is 0. The first kappa shape index (κ1) is 38.8. The van der Waals surface area contributed by atoms with Crippen LogP contribution in [0.1, 0.15) is 0 Å². The molecule has 0 heterocycles. The van der Waals surface area contributed by atoms with Crippen LogP contribution < -0.4 is 14.7 Å². The molecule has 0 aliphatic carbocycles. The van der Waals surface area contributed by atoms with Gasteiger partial charge >= 0.3 is 0 Å². The molecule has 3 nitrogen and oxygen atoms in total. The van der Waals surface area contributed by atoms with Crippen molar-refractivity contribution in [2.24, 2.45) is 0 Å². The topological polar surface area (TPSA) is 9.72 Å². The van der Waals surface area contributed by atoms with Crippen LogP contribution in [0, 0.1) is 0 Å². The van der Waals surface area contributed by atoms with Crippen LogP contribution in [0.15, 0.2) is 273 Å². The molecular weight excluding hydrogens is 763 g/mol. The number of hydrogen-bond donors (Lipinski definition) is 0. The number of anilines is 9. The Morgan fingerprint density at radius 3 is 0.667 bits per heavy atom. The van der Waals surface area contributed by atoms with Crippen LogP contribution in [0.2, 0.25) is 0 Å². The fraction of sp³-hybridized carbons (Fsp3) is 0. The Hall–Kier alpha value is -8.40. The summed E-state index contributed by atoms with van der Waals surface area (Å²) in [5, 5.41) is 0. The number of para-hydroxylation sites is 4. The average molecular weight is 808 g/mol. The Morgan fingerprint density at radius 1 is 0.143 bits per heavy atom. The van der Waals surface area contributed by atoms with Gasteiger partial charge in [-0.1, -0.05) is 164 Å². The van der Waals surface area contributed by atoms with E-state index < -0.39 is 0 Å². The Balaban J connectivity index is 0.990. The molecule has 0 aliphatic heterocycles. The second-order valence-corrected chi connectivity index (χ2v) is 15.5. The molecule has 0 bridgehead atoms. The van der Waals surface area contributed by atoms with Crippen LogP contribution in [0.5, 0.6) is 0 Å². The van der Waals surface area contributed by atoms with Crippen molar-refractivity contribution < 1.29 is 0 Å². The van der Waals surface area contributed by atoms with Crippen LogP contribution in [0.4, 0.5) is 51.2 Å². The summed E-state index contributed by atoms with van der Waals surface area (Å²) >= 11 is 0. The molecular formula is C60H45N3. The zero-order chi connectivity index (χ0) is 42.2. The summed E-state index contributed by atoms with van der Waals surface area (Å²) in [5.41, 5.74) is 16.9. The normalized spacial score (nSPS) is 10.9. The first-order chi connectivity index (χ1) is 31.2. The van der Waals surface area contributed by atoms with Gasteiger partial charge in [0.1, 0.15) is 0 Å². The second kappa shape index (κ2) is 18.1. The fourth-order valence-electron chi connectivity index (χ4n) is 8.34. The van der Waals surface area contributed by atoms with E-state index in [4.69, 9.17) is 0 Å². The van der Waals surface area contributed by atoms with Gasteiger partial charge < -0.3 is 14.7 Å². The number of nitrogens with zero attached hydrogens (tertiary/aromatic N) is 3. The molecule has 0 aliphatic rings. The van der Waals surface area contributed by atoms with E-state index in [1.165, 1.54) is 11.1 Å². The number of rotatable bonds is 12. The van der Waals surface area contributed by atoms with Crippen molar-refractivity contribution in [2.75, 3.05) is 14.7 Å². The van der Waals surface area contributed by atoms with Gasteiger partial charge in [-0.15, -0.1) is 0 Å². The van der Waals surface area contributed by atoms with Crippen LogP contribution in [-0.4, -0.2) is 0 Å². The number of benzene rings is 10. The molecule has 300 valence electrons. The Kier molecular flexibility index (Phi) is 11.1. The van der Waals surface area contributed by atoms with Gasteiger partial charge in [0.05, 0.1) is 0 Å². The predicted octanol–water partition coefficient (Wildman–Crippen LogP) is 17.1. The predicted molar refractivity (Wildman–Crippen MR) is 267 cm³/mol. The highest BCUT2D eigenvalue weighted by molar-refractivity contribution is 5.84. The molecule has 0 spiro atoms. The summed E-state index contributed by atoms with van der Waals surface area (Å²) in [4.78, 5) is 6.96. The van der Waals surface area contributed by atoms with Crippen LogP contribution in [-0.2, 0) is 0 Å². The molecule has 0 saturated heterocycles. The van der Waals surface area contributed by atoms with Gasteiger partial charge in [0.15, 0.2) is 0 Å². The molecule has 0 aromatic heterocycles. The van der Waals surface area contributed by atoms with Gasteiger partial charge in [0, 0.05) is 51.2 Å². The van der Waals surface area contributed by atoms with Gasteiger partial charge in [-0.2, -0.15) is 0 Å². The van der Waals surface area contributed by atoms with E-state index in [-0.39, 0.29) is 0 Å². The lowest BCUT2D eigenvalue weighted by atomic mass is 10.0. The van der Waals surface area contributed by atoms with Crippen molar-refractivity contribution in [3.8, 4) is 33.4 Å². The van der Waals surface area contributed by atoms with E-state index in [1.54, 1.807) is 0 Å². The van der Waals surface area contributed by atoms with Crippen molar-refractivity contribution in [1.29, 1.82) is 0 Å². The third kappa shape index (κ3) is 8.50. The molecule has 0 atom stereocenters. The average Bonchev–Trinajstić information content (AvgIpc) is 3.37. The summed E-state index contributed by atoms with van der Waals surface area (Å²) in [7, 11) is 0. The van der Waals surface area contributed by atoms with Crippen molar-refractivity contribution in [3.63, 3.8) is 0 Å². The first-order valence-electron chi connectivity index (χ1n) is 21.4. The van der Waals surface area contributed by atoms with E-state index in [1.807, 2.05) is 0 Å². The molecule has 0 fully saturated rings. The van der Waals surface area contributed by atoms with Gasteiger partial charge in [-0.05, 0) is 143 Å². The largest absolute Gasteiger partial charge is 0.311 e. The van der Waals surface area contributed by atoms with Gasteiger partial charge in [-0.3, -0.25) is 0 Å². The van der Waals surface area contributed by atoms with Crippen LogP contribution in [0.3, 0.4) is 0 Å². The molecule has 0 unspecified atom stereocenters. The zero-order valence-electron chi connectivity index (χ0n) is 34.8. The maximum Gasteiger partial charge on any atom is 0.0467 e. The molecule has 3 heteroatoms. The van der Waals surface area contributed by atoms with E-state index >= 15 is 0 Å². The third-order valence-corrected chi connectivity index (χ3v) is 11.4. The van der Waals surface area contributed by atoms with Gasteiger partial charge in [0.2, 0.25) is 0 Å². The quantitative estimate of drug-likeness (QED) is 0.122. The Morgan fingerprint density at radius 2 is 0.349 bits per heavy atom. The lowest BCUT2D eigenvalue weighted by Crippen LogP contribution is -2.10. The monoisotopic (exact) mass is 807 g/mol. The lowest BCUT2D eigenvalue weighted by Gasteiger charge is -2.27. The minimum absolute atomic E-state index is 1.08. The summed E-state index contributed by atoms with van der Waals surface area (Å²) < 4.78 is 0. The maximum atomic E-state index is 2.34. The van der Waals surface area contributed by atoms with Crippen molar-refractivity contribution in [3.05, 3.63) is 273 Å². The molecule has 0 amide bonds. The van der Waals surface area contributed by atoms with Gasteiger partial charge in [0.25, 0.3) is 0 Å². The first-order valence-corrected chi connectivity index (χ1v) is 21.4. The van der Waals surface area contributed by atoms with Crippen molar-refractivity contribution in [1.82, 2.24) is 0 Å². The highest BCUT2D eigenvalue weighted by atomic mass is 15.2. The molecule has 0 N–H and O–H groups in total. The van der Waals surface area contributed by atoms with Crippen LogP contribution in [0.25, 0.3) is 33.4 Å². The molecule has 10 rings (SSSR count). The molecule has 10 aromatic rings. The number of hydrogen-bond acceptors (Lipinski definition) is 3. The maximum absolute atomic E-state index is 2.34. The summed E-state index contributed by atoms with van der Waals surface area (Å²) in [6, 6.07) is 97.1. The van der Waals surface area contributed by atoms with Crippen molar-refractivity contribution >= 4 is 51.2 Å². The fourth-order valence-corrected chi connectivity index (χ4v) is 8.34. The Bertz CT molecular complexity index is 2760. The summed E-state index contributed by atoms with van der Waals surface area (Å²) in [6.07, 6.45) is 0. The van der Waals surface area contributed by atoms with E-state index in [9.17, 15) is 0 Å². The third-order valence-electron chi connectivity index (χ3n) is 11.4. The van der Waals surface area contributed by atoms with E-state index in [0.717, 1.165) is 73.4 Å². The molecule has 0 radical (unpaired) electrons. The minimum atomic E-state index is 1.08. The zero-order valence-corrected chi connectivity index (χ0v) is 34.8. The van der Waals surface area contributed by atoms with Gasteiger partial charge in [-0.25, -0.2) is 0 Å². The van der Waals surface area contributed by atoms with Crippen molar-refractivity contribution in [2.45, 2.75) is 0 Å². The highest BCUT2D eigenvalue weighted by Gasteiger charge is 2.17. The van der Waals surface area contributed by atoms with E-state index in [0.29, 0.717) is 0 Å². The lowest BCUT2D eigenvalue weighted by molar-refractivity contribution is 1.28. The van der Waals surface area contributed by atoms with Crippen LogP contribution >= 0.6 is 0 Å². The molecule has 63 heavy (non-hydrogen) atoms. The molecule has 0 saturated carbocycles. The smallest absolute Gasteiger partial charge is 0.0467 e. The summed E-state index contributed by atoms with van der Waals surface area (Å²) in [6.45, 7) is 0. The standard InChI is InChI=1S/C60H45N3/c1-6-18-46(19-7-1)47-32-38-56(39-33-47)61(57-40-34-48(35-41-57)50-20-16-30-59(44-50)62(52-22-8-2-9-23-52)53-24-10-3-11-25-53)58-42-36-49(37-43-58)51-21-17-31-60(45-51)63(54-26-12-4-13-27-54)55-28-14-5-15-29-55/h1-45H. The highest BCUT2D eigenvalue weighted by Crippen LogP contribution is 2.41. The second-order valence-electron chi connectivity index (χ2n) is 15.5. The molecule has 10 aromatic carbocycles. The minimum Gasteiger partial charge on any atom is -0.311 e. The SMILES string of the molecule is c1ccc(-c2ccc(N(c3ccc(-c4cccc(N(c5ccccc5)c5ccccc5)c4)cc3)c3ccc(-c4cccc(N(c5ccccc5)c5ccccc5)c4)cc3)cc2)cc1. The Labute approximate surface area is 370 Å².